The second kappa shape index (κ2) is 4.97. The van der Waals surface area contributed by atoms with E-state index in [-0.39, 0.29) is 0 Å². The van der Waals surface area contributed by atoms with Gasteiger partial charge in [0.15, 0.2) is 5.75 Å². The van der Waals surface area contributed by atoms with Crippen molar-refractivity contribution in [3.63, 3.8) is 0 Å². The van der Waals surface area contributed by atoms with Gasteiger partial charge in [0.25, 0.3) is 0 Å². The Morgan fingerprint density at radius 1 is 1.35 bits per heavy atom. The molecule has 1 N–H and O–H groups in total. The van der Waals surface area contributed by atoms with Crippen molar-refractivity contribution in [1.82, 2.24) is 14.8 Å². The molecule has 2 heterocycles. The molecule has 2 rings (SSSR count). The number of nitrogens with zero attached hydrogens (tertiary/aromatic N) is 3. The Kier molecular flexibility index (Phi) is 3.39. The van der Waals surface area contributed by atoms with Gasteiger partial charge in [-0.2, -0.15) is 5.10 Å². The predicted octanol–water partition coefficient (Wildman–Crippen LogP) is 2.05. The van der Waals surface area contributed by atoms with Crippen molar-refractivity contribution in [3.05, 3.63) is 36.4 Å². The summed E-state index contributed by atoms with van der Waals surface area (Å²) in [6.45, 7) is 1.91. The van der Waals surface area contributed by atoms with Gasteiger partial charge in [0.1, 0.15) is 5.75 Å². The van der Waals surface area contributed by atoms with Gasteiger partial charge in [-0.1, -0.05) is 6.92 Å². The summed E-state index contributed by atoms with van der Waals surface area (Å²) < 4.78 is 7.20. The molecule has 2 aromatic rings. The Labute approximate surface area is 99.7 Å². The molecule has 90 valence electrons. The number of rotatable bonds is 4. The van der Waals surface area contributed by atoms with E-state index in [0.717, 1.165) is 0 Å². The van der Waals surface area contributed by atoms with E-state index in [1.807, 2.05) is 14.0 Å². The molecule has 0 amide bonds. The van der Waals surface area contributed by atoms with Gasteiger partial charge < -0.3 is 9.84 Å². The molecule has 5 nitrogen and oxygen atoms in total. The van der Waals surface area contributed by atoms with Crippen LogP contribution in [0.5, 0.6) is 11.5 Å². The summed E-state index contributed by atoms with van der Waals surface area (Å²) >= 11 is 0. The van der Waals surface area contributed by atoms with Crippen LogP contribution in [0.3, 0.4) is 0 Å². The standard InChI is InChI=1S/C12H15N3O2/c1-3-12(16)11-5-4-9(6-13-11)17-10-7-14-15(2)8-10/h4-8,12,16H,3H2,1-2H3. The monoisotopic (exact) mass is 233 g/mol. The lowest BCUT2D eigenvalue weighted by Crippen LogP contribution is -1.98. The van der Waals surface area contributed by atoms with Gasteiger partial charge in [0.05, 0.1) is 30.4 Å². The Balaban J connectivity index is 2.08. The molecular weight excluding hydrogens is 218 g/mol. The number of aliphatic hydroxyl groups is 1. The number of ether oxygens (including phenoxy) is 1. The molecule has 0 bridgehead atoms. The van der Waals surface area contributed by atoms with Crippen molar-refractivity contribution in [2.45, 2.75) is 19.4 Å². The summed E-state index contributed by atoms with van der Waals surface area (Å²) in [6, 6.07) is 3.55. The Bertz CT molecular complexity index is 479. The summed E-state index contributed by atoms with van der Waals surface area (Å²) in [7, 11) is 1.83. The average molecular weight is 233 g/mol. The minimum absolute atomic E-state index is 0.512. The zero-order valence-corrected chi connectivity index (χ0v) is 9.87. The topological polar surface area (TPSA) is 60.2 Å². The van der Waals surface area contributed by atoms with Crippen LogP contribution in [0.15, 0.2) is 30.7 Å². The minimum Gasteiger partial charge on any atom is -0.452 e. The number of aliphatic hydroxyl groups excluding tert-OH is 1. The lowest BCUT2D eigenvalue weighted by molar-refractivity contribution is 0.169. The van der Waals surface area contributed by atoms with Crippen LogP contribution in [-0.4, -0.2) is 19.9 Å². The number of aryl methyl sites for hydroxylation is 1. The SMILES string of the molecule is CCC(O)c1ccc(Oc2cnn(C)c2)cn1. The molecule has 0 aliphatic heterocycles. The van der Waals surface area contributed by atoms with Crippen molar-refractivity contribution >= 4 is 0 Å². The van der Waals surface area contributed by atoms with Crippen LogP contribution in [0.1, 0.15) is 25.1 Å². The molecule has 0 aliphatic carbocycles. The number of pyridine rings is 1. The van der Waals surface area contributed by atoms with Crippen molar-refractivity contribution < 1.29 is 9.84 Å². The fourth-order valence-corrected chi connectivity index (χ4v) is 1.45. The van der Waals surface area contributed by atoms with E-state index in [9.17, 15) is 5.11 Å². The Morgan fingerprint density at radius 2 is 2.18 bits per heavy atom. The van der Waals surface area contributed by atoms with E-state index in [2.05, 4.69) is 10.1 Å². The first-order valence-electron chi connectivity index (χ1n) is 5.49. The highest BCUT2D eigenvalue weighted by atomic mass is 16.5. The van der Waals surface area contributed by atoms with Crippen molar-refractivity contribution in [3.8, 4) is 11.5 Å². The summed E-state index contributed by atoms with van der Waals surface area (Å²) in [6.07, 6.45) is 5.14. The van der Waals surface area contributed by atoms with E-state index < -0.39 is 6.10 Å². The van der Waals surface area contributed by atoms with Gasteiger partial charge in [-0.3, -0.25) is 9.67 Å². The van der Waals surface area contributed by atoms with Crippen LogP contribution >= 0.6 is 0 Å². The molecule has 0 fully saturated rings. The lowest BCUT2D eigenvalue weighted by atomic mass is 10.2. The largest absolute Gasteiger partial charge is 0.452 e. The highest BCUT2D eigenvalue weighted by Crippen LogP contribution is 2.21. The number of hydrogen-bond acceptors (Lipinski definition) is 4. The van der Waals surface area contributed by atoms with Crippen LogP contribution in [0.4, 0.5) is 0 Å². The fourth-order valence-electron chi connectivity index (χ4n) is 1.45. The zero-order valence-electron chi connectivity index (χ0n) is 9.87. The molecule has 0 saturated carbocycles. The summed E-state index contributed by atoms with van der Waals surface area (Å²) in [4.78, 5) is 4.15. The van der Waals surface area contributed by atoms with Gasteiger partial charge >= 0.3 is 0 Å². The molecule has 0 spiro atoms. The Hall–Kier alpha value is -1.88. The highest BCUT2D eigenvalue weighted by molar-refractivity contribution is 5.26. The second-order valence-corrected chi connectivity index (χ2v) is 3.79. The molecule has 5 heteroatoms. The summed E-state index contributed by atoms with van der Waals surface area (Å²) in [5.74, 6) is 1.29. The van der Waals surface area contributed by atoms with Crippen molar-refractivity contribution in [2.75, 3.05) is 0 Å². The molecule has 0 radical (unpaired) electrons. The van der Waals surface area contributed by atoms with Crippen molar-refractivity contribution in [2.24, 2.45) is 7.05 Å². The zero-order chi connectivity index (χ0) is 12.3. The smallest absolute Gasteiger partial charge is 0.165 e. The molecule has 0 aliphatic rings. The first-order valence-corrected chi connectivity index (χ1v) is 5.49. The van der Waals surface area contributed by atoms with E-state index in [1.165, 1.54) is 0 Å². The maximum atomic E-state index is 9.60. The van der Waals surface area contributed by atoms with Crippen LogP contribution in [-0.2, 0) is 7.05 Å². The van der Waals surface area contributed by atoms with Gasteiger partial charge in [-0.05, 0) is 18.6 Å². The van der Waals surface area contributed by atoms with Gasteiger partial charge in [-0.25, -0.2) is 0 Å². The number of hydrogen-bond donors (Lipinski definition) is 1. The van der Waals surface area contributed by atoms with Gasteiger partial charge in [0.2, 0.25) is 0 Å². The van der Waals surface area contributed by atoms with Crippen LogP contribution < -0.4 is 4.74 Å². The normalized spacial score (nSPS) is 12.4. The van der Waals surface area contributed by atoms with Crippen LogP contribution in [0, 0.1) is 0 Å². The molecule has 2 aromatic heterocycles. The fraction of sp³-hybridized carbons (Fsp3) is 0.333. The first kappa shape index (κ1) is 11.6. The second-order valence-electron chi connectivity index (χ2n) is 3.79. The molecule has 17 heavy (non-hydrogen) atoms. The molecule has 1 unspecified atom stereocenters. The van der Waals surface area contributed by atoms with Crippen LogP contribution in [0.25, 0.3) is 0 Å². The summed E-state index contributed by atoms with van der Waals surface area (Å²) in [5, 5.41) is 13.6. The van der Waals surface area contributed by atoms with E-state index >= 15 is 0 Å². The molecule has 0 aromatic carbocycles. The minimum atomic E-state index is -0.512. The third-order valence-electron chi connectivity index (χ3n) is 2.40. The third-order valence-corrected chi connectivity index (χ3v) is 2.40. The van der Waals surface area contributed by atoms with E-state index in [4.69, 9.17) is 4.74 Å². The first-order chi connectivity index (χ1) is 8.19. The number of aromatic nitrogens is 3. The highest BCUT2D eigenvalue weighted by Gasteiger charge is 2.06. The molecular formula is C12H15N3O2. The van der Waals surface area contributed by atoms with Gasteiger partial charge in [-0.15, -0.1) is 0 Å². The average Bonchev–Trinajstić information content (AvgIpc) is 2.75. The van der Waals surface area contributed by atoms with E-state index in [1.54, 1.807) is 35.4 Å². The van der Waals surface area contributed by atoms with Crippen LogP contribution in [0.2, 0.25) is 0 Å². The lowest BCUT2D eigenvalue weighted by Gasteiger charge is -2.07. The summed E-state index contributed by atoms with van der Waals surface area (Å²) in [5.41, 5.74) is 0.658. The predicted molar refractivity (Wildman–Crippen MR) is 62.8 cm³/mol. The molecule has 0 saturated heterocycles. The Morgan fingerprint density at radius 3 is 2.71 bits per heavy atom. The molecule has 1 atom stereocenters. The van der Waals surface area contributed by atoms with E-state index in [0.29, 0.717) is 23.6 Å². The third kappa shape index (κ3) is 2.82. The quantitative estimate of drug-likeness (QED) is 0.878. The van der Waals surface area contributed by atoms with Gasteiger partial charge in [0, 0.05) is 7.05 Å². The maximum Gasteiger partial charge on any atom is 0.165 e. The van der Waals surface area contributed by atoms with Crippen molar-refractivity contribution in [1.29, 1.82) is 0 Å². The maximum absolute atomic E-state index is 9.60.